The molecule has 460 valence electrons. The van der Waals surface area contributed by atoms with Gasteiger partial charge in [0, 0.05) is 17.0 Å². The first-order valence-electron chi connectivity index (χ1n) is 28.7. The molecule has 0 aliphatic carbocycles. The largest absolute Gasteiger partial charge is 0.390 e. The first-order chi connectivity index (χ1) is 40.2. The van der Waals surface area contributed by atoms with Crippen LogP contribution in [0, 0.1) is 21.3 Å². The van der Waals surface area contributed by atoms with E-state index >= 15 is 0 Å². The summed E-state index contributed by atoms with van der Waals surface area (Å²) in [5.41, 5.74) is 13.4. The quantitative estimate of drug-likeness (QED) is 0.0555. The Hall–Kier alpha value is -5.81. The molecule has 8 heteroatoms. The van der Waals surface area contributed by atoms with Crippen LogP contribution in [0.25, 0.3) is 36.5 Å². The maximum Gasteiger partial charge on any atom is 0.373 e. The fourth-order valence-corrected chi connectivity index (χ4v) is 10.7. The number of hydrogen-bond donors (Lipinski definition) is 2. The molecule has 0 saturated heterocycles. The van der Waals surface area contributed by atoms with Crippen LogP contribution in [-0.2, 0) is 48.1 Å². The van der Waals surface area contributed by atoms with Crippen molar-refractivity contribution < 1.29 is 19.8 Å². The van der Waals surface area contributed by atoms with Gasteiger partial charge in [-0.05, 0) is 236 Å². The van der Waals surface area contributed by atoms with E-state index < -0.39 is 11.2 Å². The average Bonchev–Trinajstić information content (AvgIpc) is 3.35. The Kier molecular flexibility index (Phi) is 36.1. The molecule has 8 aromatic carbocycles. The van der Waals surface area contributed by atoms with Gasteiger partial charge in [-0.2, -0.15) is 9.59 Å². The highest BCUT2D eigenvalue weighted by atomic mass is 127. The zero-order valence-corrected chi connectivity index (χ0v) is 56.4. The number of allylic oxidation sites excluding steroid dienone is 2. The molecule has 2 N–H and O–H groups in total. The number of aliphatic hydroxyl groups is 2. The van der Waals surface area contributed by atoms with Crippen molar-refractivity contribution in [2.24, 2.45) is 17.8 Å². The second-order valence-electron chi connectivity index (χ2n) is 22.3. The molecule has 0 heterocycles. The van der Waals surface area contributed by atoms with Gasteiger partial charge in [-0.3, -0.25) is 0 Å². The summed E-state index contributed by atoms with van der Waals surface area (Å²) in [4.78, 5) is 16.2. The van der Waals surface area contributed by atoms with Gasteiger partial charge in [-0.1, -0.05) is 278 Å². The van der Waals surface area contributed by atoms with Gasteiger partial charge >= 0.3 is 6.15 Å². The van der Waals surface area contributed by atoms with E-state index in [1.165, 1.54) is 60.9 Å². The third-order valence-electron chi connectivity index (χ3n) is 14.7. The van der Waals surface area contributed by atoms with Gasteiger partial charge in [0.1, 0.15) is 0 Å². The number of benzene rings is 8. The summed E-state index contributed by atoms with van der Waals surface area (Å²) in [6.07, 6.45) is 24.0. The van der Waals surface area contributed by atoms with Crippen LogP contribution in [0.15, 0.2) is 220 Å². The summed E-state index contributed by atoms with van der Waals surface area (Å²) in [6, 6.07) is 68.8. The molecule has 3 unspecified atom stereocenters. The molecule has 0 saturated carbocycles. The maximum atomic E-state index is 10.9. The molecule has 0 fully saturated rings. The van der Waals surface area contributed by atoms with Crippen molar-refractivity contribution in [2.45, 2.75) is 127 Å². The molecule has 8 aromatic rings. The van der Waals surface area contributed by atoms with Gasteiger partial charge in [-0.25, -0.2) is 0 Å². The molecule has 0 aromatic heterocycles. The highest BCUT2D eigenvalue weighted by Crippen LogP contribution is 2.29. The van der Waals surface area contributed by atoms with E-state index in [1.807, 2.05) is 53.7 Å². The van der Waals surface area contributed by atoms with Gasteiger partial charge in [0.05, 0.1) is 11.2 Å². The molecular weight excluding hydrogens is 1380 g/mol. The van der Waals surface area contributed by atoms with E-state index in [1.54, 1.807) is 0 Å². The zero-order valence-electron chi connectivity index (χ0n) is 49.5. The minimum atomic E-state index is -0.777. The molecule has 0 radical (unpaired) electrons. The van der Waals surface area contributed by atoms with Gasteiger partial charge in [0.2, 0.25) is 0 Å². The standard InChI is InChI=1S/C46H48Br2O2.C17H18BrI.C12H14.CO2.3CH4/c1-45(2,49)41(31-39-21-25-43(47)26-22-39)29-37-17-13-35(14-18-37)11-9-33-5-7-34(8-6-33)10-12-36-15-19-38(20-16-36)30-42(46(3,4)50)32-40-23-27-44(48)28-24-40;1-2-13(11-14-3-7-16(18)8-4-14)12-15-5-9-17(19)10-6-15;1-3-5-11-7-9-12(6-4-2)10-8-11;2-1-3;;;/h5-28,41-42,49-50H,29-32H2,1-4H3;3-10,13H,2,11-12H2,1H3;3-10H,1-2H3;;3*1H4/b11-9+,12-10+;;5-3+,6-4+;;;;. The maximum absolute atomic E-state index is 10.9. The SMILES string of the molecule is C.C.C.C/C=C/c1ccc(/C=C/C)cc1.CC(C)(O)C(Cc1ccc(Br)cc1)Cc1ccc(/C=C/c2ccc(/C=C/c3ccc(CC(Cc4ccc(Br)cc4)C(C)(C)O)cc3)cc2)cc1.CCC(Cc1ccc(Br)cc1)Cc1ccc(I)cc1.O=C=O. The summed E-state index contributed by atoms with van der Waals surface area (Å²) in [7, 11) is 0. The first-order valence-corrected chi connectivity index (χ1v) is 32.1. The second kappa shape index (κ2) is 40.7. The Balaban J connectivity index is 0.000000568. The molecule has 87 heavy (non-hydrogen) atoms. The number of rotatable bonds is 21. The van der Waals surface area contributed by atoms with Crippen molar-refractivity contribution in [3.8, 4) is 0 Å². The molecule has 3 atom stereocenters. The Bertz CT molecular complexity index is 3090. The normalized spacial score (nSPS) is 12.2. The number of halogens is 4. The van der Waals surface area contributed by atoms with Crippen LogP contribution in [0.4, 0.5) is 0 Å². The number of carbonyl (C=O) groups excluding carboxylic acids is 2. The lowest BCUT2D eigenvalue weighted by molar-refractivity contribution is -0.191. The molecule has 0 bridgehead atoms. The van der Waals surface area contributed by atoms with Crippen LogP contribution in [0.2, 0.25) is 0 Å². The Labute approximate surface area is 562 Å². The van der Waals surface area contributed by atoms with Crippen LogP contribution in [0.3, 0.4) is 0 Å². The molecule has 0 aliphatic rings. The van der Waals surface area contributed by atoms with E-state index in [-0.39, 0.29) is 40.3 Å². The van der Waals surface area contributed by atoms with E-state index in [4.69, 9.17) is 9.59 Å². The van der Waals surface area contributed by atoms with Crippen molar-refractivity contribution in [1.82, 2.24) is 0 Å². The van der Waals surface area contributed by atoms with Crippen molar-refractivity contribution in [2.75, 3.05) is 0 Å². The molecule has 4 nitrogen and oxygen atoms in total. The highest BCUT2D eigenvalue weighted by molar-refractivity contribution is 14.1. The van der Waals surface area contributed by atoms with Crippen LogP contribution in [0.1, 0.15) is 144 Å². The number of hydrogen-bond acceptors (Lipinski definition) is 4. The van der Waals surface area contributed by atoms with Gasteiger partial charge in [-0.15, -0.1) is 0 Å². The summed E-state index contributed by atoms with van der Waals surface area (Å²) < 4.78 is 4.60. The smallest absolute Gasteiger partial charge is 0.373 e. The fourth-order valence-electron chi connectivity index (χ4n) is 9.53. The Morgan fingerprint density at radius 3 is 0.793 bits per heavy atom. The van der Waals surface area contributed by atoms with Gasteiger partial charge in [0.25, 0.3) is 0 Å². The van der Waals surface area contributed by atoms with Crippen LogP contribution < -0.4 is 0 Å². The van der Waals surface area contributed by atoms with Crippen LogP contribution >= 0.6 is 70.4 Å². The molecule has 0 spiro atoms. The summed E-state index contributed by atoms with van der Waals surface area (Å²) in [5, 5.41) is 21.8. The van der Waals surface area contributed by atoms with Gasteiger partial charge in [0.15, 0.2) is 0 Å². The van der Waals surface area contributed by atoms with Gasteiger partial charge < -0.3 is 10.2 Å². The van der Waals surface area contributed by atoms with E-state index in [0.29, 0.717) is 0 Å². The van der Waals surface area contributed by atoms with E-state index in [9.17, 15) is 10.2 Å². The third kappa shape index (κ3) is 29.8. The predicted molar refractivity (Wildman–Crippen MR) is 395 cm³/mol. The summed E-state index contributed by atoms with van der Waals surface area (Å²) in [5.74, 6) is 0.951. The van der Waals surface area contributed by atoms with Crippen LogP contribution in [0.5, 0.6) is 0 Å². The van der Waals surface area contributed by atoms with E-state index in [0.717, 1.165) is 73.7 Å². The highest BCUT2D eigenvalue weighted by Gasteiger charge is 2.28. The van der Waals surface area contributed by atoms with Crippen LogP contribution in [-0.4, -0.2) is 27.6 Å². The molecule has 0 amide bonds. The van der Waals surface area contributed by atoms with Crippen molar-refractivity contribution >= 4 is 113 Å². The average molecular weight is 1470 g/mol. The Morgan fingerprint density at radius 2 is 0.575 bits per heavy atom. The summed E-state index contributed by atoms with van der Waals surface area (Å²) >= 11 is 12.9. The lowest BCUT2D eigenvalue weighted by Crippen LogP contribution is -2.34. The predicted octanol–water partition coefficient (Wildman–Crippen LogP) is 22.8. The Morgan fingerprint density at radius 1 is 0.379 bits per heavy atom. The lowest BCUT2D eigenvalue weighted by Gasteiger charge is -2.30. The molecule has 0 aliphatic heterocycles. The third-order valence-corrected chi connectivity index (χ3v) is 17.0. The second-order valence-corrected chi connectivity index (χ2v) is 26.3. The van der Waals surface area contributed by atoms with E-state index in [2.05, 4.69) is 308 Å². The summed E-state index contributed by atoms with van der Waals surface area (Å²) in [6.45, 7) is 14.0. The van der Waals surface area contributed by atoms with Crippen molar-refractivity contribution in [1.29, 1.82) is 0 Å². The minimum absolute atomic E-state index is 0. The first kappa shape index (κ1) is 77.3. The monoisotopic (exact) mass is 1470 g/mol. The minimum Gasteiger partial charge on any atom is -0.390 e. The van der Waals surface area contributed by atoms with Crippen molar-refractivity contribution in [3.05, 3.63) is 290 Å². The fraction of sp³-hybridized carbons (Fsp3) is 0.278. The lowest BCUT2D eigenvalue weighted by atomic mass is 9.81. The van der Waals surface area contributed by atoms with Crippen molar-refractivity contribution in [3.63, 3.8) is 0 Å². The molecule has 8 rings (SSSR count). The topological polar surface area (TPSA) is 74.6 Å². The molecular formula is C79H92Br3IO4. The zero-order chi connectivity index (χ0) is 60.9.